The van der Waals surface area contributed by atoms with Gasteiger partial charge < -0.3 is 16.0 Å². The highest BCUT2D eigenvalue weighted by Crippen LogP contribution is 2.28. The van der Waals surface area contributed by atoms with Gasteiger partial charge in [-0.15, -0.1) is 0 Å². The van der Waals surface area contributed by atoms with Crippen LogP contribution in [0.4, 0.5) is 5.69 Å². The zero-order chi connectivity index (χ0) is 14.8. The van der Waals surface area contributed by atoms with Crippen molar-refractivity contribution in [3.63, 3.8) is 0 Å². The number of carbonyl (C=O) groups is 1. The summed E-state index contributed by atoms with van der Waals surface area (Å²) >= 11 is 0. The average Bonchev–Trinajstić information content (AvgIpc) is 3.26. The van der Waals surface area contributed by atoms with Gasteiger partial charge in [-0.25, -0.2) is 0 Å². The number of amides is 1. The van der Waals surface area contributed by atoms with Gasteiger partial charge in [0, 0.05) is 24.8 Å². The van der Waals surface area contributed by atoms with Crippen molar-refractivity contribution in [2.24, 2.45) is 5.73 Å². The molecule has 0 aromatic heterocycles. The third-order valence-electron chi connectivity index (χ3n) is 4.50. The van der Waals surface area contributed by atoms with Crippen LogP contribution in [0.15, 0.2) is 18.2 Å². The lowest BCUT2D eigenvalue weighted by Crippen LogP contribution is -2.45. The maximum atomic E-state index is 11.6. The van der Waals surface area contributed by atoms with Crippen molar-refractivity contribution < 1.29 is 4.79 Å². The second-order valence-electron chi connectivity index (χ2n) is 6.41. The van der Waals surface area contributed by atoms with E-state index in [2.05, 4.69) is 35.3 Å². The number of nitrogens with two attached hydrogens (primary N) is 1. The monoisotopic (exact) mass is 287 g/mol. The molecular formula is C17H25N3O. The Hall–Kier alpha value is -1.55. The second kappa shape index (κ2) is 6.06. The summed E-state index contributed by atoms with van der Waals surface area (Å²) in [6.45, 7) is 4.11. The topological polar surface area (TPSA) is 58.4 Å². The molecule has 1 heterocycles. The minimum atomic E-state index is -0.219. The van der Waals surface area contributed by atoms with Crippen LogP contribution in [0, 0.1) is 6.92 Å². The SMILES string of the molecule is Cc1ccc2c(c1)CCCN2CCC(NC1CC1)C(N)=O. The first-order valence-electron chi connectivity index (χ1n) is 8.03. The summed E-state index contributed by atoms with van der Waals surface area (Å²) in [5, 5.41) is 3.36. The molecule has 3 rings (SSSR count). The smallest absolute Gasteiger partial charge is 0.234 e. The summed E-state index contributed by atoms with van der Waals surface area (Å²) in [7, 11) is 0. The highest BCUT2D eigenvalue weighted by atomic mass is 16.1. The van der Waals surface area contributed by atoms with E-state index in [1.165, 1.54) is 36.1 Å². The minimum Gasteiger partial charge on any atom is -0.371 e. The average molecular weight is 287 g/mol. The Morgan fingerprint density at radius 3 is 3.00 bits per heavy atom. The first-order chi connectivity index (χ1) is 10.1. The van der Waals surface area contributed by atoms with Gasteiger partial charge in [-0.3, -0.25) is 4.79 Å². The number of nitrogens with one attached hydrogen (secondary N) is 1. The van der Waals surface area contributed by atoms with Gasteiger partial charge >= 0.3 is 0 Å². The third kappa shape index (κ3) is 3.56. The molecule has 4 heteroatoms. The van der Waals surface area contributed by atoms with E-state index in [1.807, 2.05) is 0 Å². The van der Waals surface area contributed by atoms with Crippen molar-refractivity contribution >= 4 is 11.6 Å². The molecule has 0 spiro atoms. The van der Waals surface area contributed by atoms with Crippen LogP contribution in [0.25, 0.3) is 0 Å². The fraction of sp³-hybridized carbons (Fsp3) is 0.588. The van der Waals surface area contributed by atoms with Crippen LogP contribution >= 0.6 is 0 Å². The molecule has 0 bridgehead atoms. The van der Waals surface area contributed by atoms with Crippen molar-refractivity contribution in [1.82, 2.24) is 5.32 Å². The minimum absolute atomic E-state index is 0.187. The number of nitrogens with zero attached hydrogens (tertiary/aromatic N) is 1. The van der Waals surface area contributed by atoms with Crippen LogP contribution < -0.4 is 16.0 Å². The molecule has 21 heavy (non-hydrogen) atoms. The summed E-state index contributed by atoms with van der Waals surface area (Å²) in [5.41, 5.74) is 9.62. The van der Waals surface area contributed by atoms with Crippen molar-refractivity contribution in [2.75, 3.05) is 18.0 Å². The number of carbonyl (C=O) groups excluding carboxylic acids is 1. The van der Waals surface area contributed by atoms with E-state index in [0.717, 1.165) is 25.9 Å². The normalized spacial score (nSPS) is 19.2. The number of anilines is 1. The Balaban J connectivity index is 1.64. The van der Waals surface area contributed by atoms with Crippen molar-refractivity contribution in [3.05, 3.63) is 29.3 Å². The van der Waals surface area contributed by atoms with Gasteiger partial charge in [0.25, 0.3) is 0 Å². The van der Waals surface area contributed by atoms with Crippen LogP contribution in [0.2, 0.25) is 0 Å². The fourth-order valence-electron chi connectivity index (χ4n) is 3.16. The van der Waals surface area contributed by atoms with Gasteiger partial charge in [0.15, 0.2) is 0 Å². The Labute approximate surface area is 126 Å². The second-order valence-corrected chi connectivity index (χ2v) is 6.41. The first kappa shape index (κ1) is 14.4. The molecule has 4 nitrogen and oxygen atoms in total. The number of fused-ring (bicyclic) bond motifs is 1. The zero-order valence-corrected chi connectivity index (χ0v) is 12.8. The van der Waals surface area contributed by atoms with Crippen molar-refractivity contribution in [2.45, 2.75) is 51.1 Å². The number of primary amides is 1. The molecular weight excluding hydrogens is 262 g/mol. The van der Waals surface area contributed by atoms with E-state index in [4.69, 9.17) is 5.73 Å². The van der Waals surface area contributed by atoms with E-state index in [0.29, 0.717) is 6.04 Å². The molecule has 1 atom stereocenters. The van der Waals surface area contributed by atoms with Gasteiger partial charge in [-0.05, 0) is 50.7 Å². The van der Waals surface area contributed by atoms with Gasteiger partial charge in [0.1, 0.15) is 0 Å². The Bertz CT molecular complexity index is 525. The van der Waals surface area contributed by atoms with Crippen molar-refractivity contribution in [1.29, 1.82) is 0 Å². The molecule has 1 aromatic carbocycles. The predicted octanol–water partition coefficient (Wildman–Crippen LogP) is 1.74. The quantitative estimate of drug-likeness (QED) is 0.838. The number of aryl methyl sites for hydroxylation is 2. The molecule has 1 aromatic rings. The van der Waals surface area contributed by atoms with Crippen LogP contribution in [0.3, 0.4) is 0 Å². The number of hydrogen-bond acceptors (Lipinski definition) is 3. The van der Waals surface area contributed by atoms with E-state index in [9.17, 15) is 4.79 Å². The van der Waals surface area contributed by atoms with E-state index < -0.39 is 0 Å². The molecule has 1 aliphatic heterocycles. The molecule has 1 unspecified atom stereocenters. The van der Waals surface area contributed by atoms with Crippen molar-refractivity contribution in [3.8, 4) is 0 Å². The standard InChI is InChI=1S/C17H25N3O/c1-12-4-7-16-13(11-12)3-2-9-20(16)10-8-15(17(18)21)19-14-5-6-14/h4,7,11,14-15,19H,2-3,5-6,8-10H2,1H3,(H2,18,21). The van der Waals surface area contributed by atoms with Crippen LogP contribution in [-0.2, 0) is 11.2 Å². The first-order valence-corrected chi connectivity index (χ1v) is 8.03. The highest BCUT2D eigenvalue weighted by Gasteiger charge is 2.28. The lowest BCUT2D eigenvalue weighted by Gasteiger charge is -2.32. The van der Waals surface area contributed by atoms with Gasteiger partial charge in [-0.2, -0.15) is 0 Å². The van der Waals surface area contributed by atoms with E-state index in [1.54, 1.807) is 0 Å². The van der Waals surface area contributed by atoms with Gasteiger partial charge in [-0.1, -0.05) is 17.7 Å². The van der Waals surface area contributed by atoms with E-state index >= 15 is 0 Å². The Kier molecular flexibility index (Phi) is 4.15. The fourth-order valence-corrected chi connectivity index (χ4v) is 3.16. The Morgan fingerprint density at radius 2 is 2.29 bits per heavy atom. The molecule has 3 N–H and O–H groups in total. The third-order valence-corrected chi connectivity index (χ3v) is 4.50. The lowest BCUT2D eigenvalue weighted by atomic mass is 9.99. The lowest BCUT2D eigenvalue weighted by molar-refractivity contribution is -0.120. The van der Waals surface area contributed by atoms with Crippen LogP contribution in [-0.4, -0.2) is 31.1 Å². The largest absolute Gasteiger partial charge is 0.371 e. The highest BCUT2D eigenvalue weighted by molar-refractivity contribution is 5.80. The van der Waals surface area contributed by atoms with E-state index in [-0.39, 0.29) is 11.9 Å². The summed E-state index contributed by atoms with van der Waals surface area (Å²) in [5.74, 6) is -0.219. The number of hydrogen-bond donors (Lipinski definition) is 2. The molecule has 1 amide bonds. The zero-order valence-electron chi connectivity index (χ0n) is 12.8. The molecule has 114 valence electrons. The van der Waals surface area contributed by atoms with Gasteiger partial charge in [0.05, 0.1) is 6.04 Å². The van der Waals surface area contributed by atoms with Crippen LogP contribution in [0.1, 0.15) is 36.8 Å². The molecule has 1 aliphatic carbocycles. The summed E-state index contributed by atoms with van der Waals surface area (Å²) in [6, 6.07) is 7.00. The maximum absolute atomic E-state index is 11.6. The van der Waals surface area contributed by atoms with Crippen LogP contribution in [0.5, 0.6) is 0 Å². The molecule has 1 fully saturated rings. The maximum Gasteiger partial charge on any atom is 0.234 e. The molecule has 2 aliphatic rings. The summed E-state index contributed by atoms with van der Waals surface area (Å²) in [6.07, 6.45) is 5.49. The molecule has 0 radical (unpaired) electrons. The Morgan fingerprint density at radius 1 is 1.48 bits per heavy atom. The van der Waals surface area contributed by atoms with Gasteiger partial charge in [0.2, 0.25) is 5.91 Å². The molecule has 1 saturated carbocycles. The predicted molar refractivity (Wildman–Crippen MR) is 85.5 cm³/mol. The number of benzene rings is 1. The molecule has 0 saturated heterocycles. The summed E-state index contributed by atoms with van der Waals surface area (Å²) in [4.78, 5) is 14.0. The summed E-state index contributed by atoms with van der Waals surface area (Å²) < 4.78 is 0. The number of rotatable bonds is 6.